The molecule has 11 heteroatoms. The van der Waals surface area contributed by atoms with Crippen LogP contribution in [0, 0.1) is 0 Å². The third-order valence-electron chi connectivity index (χ3n) is 3.54. The molecule has 2 rings (SSSR count). The Morgan fingerprint density at radius 3 is 2.40 bits per heavy atom. The van der Waals surface area contributed by atoms with E-state index < -0.39 is 18.8 Å². The summed E-state index contributed by atoms with van der Waals surface area (Å²) in [5.74, 6) is 1.00. The van der Waals surface area contributed by atoms with E-state index in [2.05, 4.69) is 20.3 Å². The molecule has 0 amide bonds. The number of halogens is 4. The molecule has 7 nitrogen and oxygen atoms in total. The minimum absolute atomic E-state index is 0. The van der Waals surface area contributed by atoms with Crippen LogP contribution in [0.1, 0.15) is 6.92 Å². The monoisotopic (exact) mass is 474 g/mol. The maximum Gasteiger partial charge on any atom is 0.416 e. The summed E-state index contributed by atoms with van der Waals surface area (Å²) in [6.45, 7) is 4.07. The van der Waals surface area contributed by atoms with Crippen molar-refractivity contribution in [3.8, 4) is 0 Å². The number of hydrogen-bond acceptors (Lipinski definition) is 5. The van der Waals surface area contributed by atoms with E-state index in [1.165, 1.54) is 0 Å². The molecule has 1 atom stereocenters. The third-order valence-corrected chi connectivity index (χ3v) is 3.54. The molecule has 0 aliphatic carbocycles. The Bertz CT molecular complexity index is 537. The number of aliphatic imine (C=N–C) groups is 1. The minimum atomic E-state index is -4.66. The Morgan fingerprint density at radius 1 is 1.28 bits per heavy atom. The van der Waals surface area contributed by atoms with Crippen LogP contribution in [0.3, 0.4) is 0 Å². The highest BCUT2D eigenvalue weighted by molar-refractivity contribution is 14.0. The van der Waals surface area contributed by atoms with Crippen LogP contribution in [-0.4, -0.2) is 77.5 Å². The maximum absolute atomic E-state index is 12.4. The van der Waals surface area contributed by atoms with Crippen LogP contribution in [0.2, 0.25) is 0 Å². The summed E-state index contributed by atoms with van der Waals surface area (Å²) in [6.07, 6.45) is -3.79. The Labute approximate surface area is 161 Å². The first kappa shape index (κ1) is 21.7. The van der Waals surface area contributed by atoms with E-state index in [1.807, 2.05) is 16.7 Å². The molecular weight excluding hydrogens is 452 g/mol. The van der Waals surface area contributed by atoms with Crippen LogP contribution in [0.4, 0.5) is 19.1 Å². The minimum Gasteiger partial charge on any atom is -0.382 e. The lowest BCUT2D eigenvalue weighted by Crippen LogP contribution is -2.53. The Balaban J connectivity index is 0.00000312. The highest BCUT2D eigenvalue weighted by atomic mass is 127. The molecule has 0 spiro atoms. The number of hydrogen-bond donors (Lipinski definition) is 2. The van der Waals surface area contributed by atoms with Gasteiger partial charge in [0, 0.05) is 45.1 Å². The molecule has 1 aliphatic rings. The van der Waals surface area contributed by atoms with Gasteiger partial charge in [-0.15, -0.1) is 24.0 Å². The molecule has 1 aliphatic heterocycles. The van der Waals surface area contributed by atoms with Gasteiger partial charge in [0.1, 0.15) is 0 Å². The Kier molecular flexibility index (Phi) is 8.62. The van der Waals surface area contributed by atoms with E-state index in [-0.39, 0.29) is 24.0 Å². The average Bonchev–Trinajstić information content (AvgIpc) is 2.58. The first-order chi connectivity index (χ1) is 11.4. The van der Waals surface area contributed by atoms with E-state index in [4.69, 9.17) is 5.11 Å². The SMILES string of the molecule is CCNC(=NCC(O)C(F)(F)F)N1CCN(c2ncccn2)CC1.I. The summed E-state index contributed by atoms with van der Waals surface area (Å²) in [6, 6.07) is 1.74. The van der Waals surface area contributed by atoms with Crippen molar-refractivity contribution in [2.24, 2.45) is 4.99 Å². The summed E-state index contributed by atoms with van der Waals surface area (Å²) in [5, 5.41) is 12.1. The number of aliphatic hydroxyl groups is 1. The first-order valence-corrected chi connectivity index (χ1v) is 7.71. The van der Waals surface area contributed by atoms with E-state index in [1.54, 1.807) is 18.5 Å². The fourth-order valence-electron chi connectivity index (χ4n) is 2.28. The third kappa shape index (κ3) is 6.45. The highest BCUT2D eigenvalue weighted by Gasteiger charge is 2.38. The van der Waals surface area contributed by atoms with Gasteiger partial charge < -0.3 is 20.2 Å². The number of aliphatic hydroxyl groups excluding tert-OH is 1. The normalized spacial score (nSPS) is 17.1. The van der Waals surface area contributed by atoms with Gasteiger partial charge in [0.2, 0.25) is 5.95 Å². The lowest BCUT2D eigenvalue weighted by Gasteiger charge is -2.36. The molecule has 25 heavy (non-hydrogen) atoms. The summed E-state index contributed by atoms with van der Waals surface area (Å²) >= 11 is 0. The van der Waals surface area contributed by atoms with Gasteiger partial charge in [0.25, 0.3) is 0 Å². The number of rotatable bonds is 4. The zero-order chi connectivity index (χ0) is 17.6. The molecular formula is C14H22F3IN6O. The number of guanidine groups is 1. The molecule has 0 radical (unpaired) electrons. The molecule has 0 saturated carbocycles. The van der Waals surface area contributed by atoms with E-state index in [0.29, 0.717) is 44.6 Å². The van der Waals surface area contributed by atoms with Crippen LogP contribution in [0.25, 0.3) is 0 Å². The van der Waals surface area contributed by atoms with Crippen molar-refractivity contribution in [3.63, 3.8) is 0 Å². The molecule has 2 heterocycles. The van der Waals surface area contributed by atoms with Crippen molar-refractivity contribution in [2.75, 3.05) is 44.2 Å². The largest absolute Gasteiger partial charge is 0.416 e. The molecule has 1 aromatic rings. The smallest absolute Gasteiger partial charge is 0.382 e. The molecule has 1 aromatic heterocycles. The van der Waals surface area contributed by atoms with Crippen LogP contribution in [0.5, 0.6) is 0 Å². The summed E-state index contributed by atoms with van der Waals surface area (Å²) < 4.78 is 37.2. The maximum atomic E-state index is 12.4. The number of anilines is 1. The zero-order valence-corrected chi connectivity index (χ0v) is 16.1. The number of piperazine rings is 1. The van der Waals surface area contributed by atoms with Crippen molar-refractivity contribution in [1.82, 2.24) is 20.2 Å². The molecule has 0 bridgehead atoms. The van der Waals surface area contributed by atoms with Gasteiger partial charge in [-0.05, 0) is 13.0 Å². The molecule has 142 valence electrons. The highest BCUT2D eigenvalue weighted by Crippen LogP contribution is 2.20. The van der Waals surface area contributed by atoms with Crippen LogP contribution in [-0.2, 0) is 0 Å². The van der Waals surface area contributed by atoms with Gasteiger partial charge in [-0.25, -0.2) is 9.97 Å². The molecule has 0 aromatic carbocycles. The van der Waals surface area contributed by atoms with Crippen LogP contribution < -0.4 is 10.2 Å². The zero-order valence-electron chi connectivity index (χ0n) is 13.8. The van der Waals surface area contributed by atoms with Crippen LogP contribution in [0.15, 0.2) is 23.5 Å². The molecule has 2 N–H and O–H groups in total. The number of nitrogens with one attached hydrogen (secondary N) is 1. The second kappa shape index (κ2) is 9.94. The Morgan fingerprint density at radius 2 is 1.88 bits per heavy atom. The number of nitrogens with zero attached hydrogens (tertiary/aromatic N) is 5. The first-order valence-electron chi connectivity index (χ1n) is 7.71. The predicted octanol–water partition coefficient (Wildman–Crippen LogP) is 1.11. The fourth-order valence-corrected chi connectivity index (χ4v) is 2.28. The van der Waals surface area contributed by atoms with Gasteiger partial charge in [-0.2, -0.15) is 13.2 Å². The second-order valence-corrected chi connectivity index (χ2v) is 5.27. The van der Waals surface area contributed by atoms with Gasteiger partial charge in [0.05, 0.1) is 6.54 Å². The van der Waals surface area contributed by atoms with Gasteiger partial charge in [-0.3, -0.25) is 4.99 Å². The molecule has 1 saturated heterocycles. The standard InChI is InChI=1S/C14H21F3N6O.HI/c1-2-18-12(21-10-11(24)14(15,16)17)22-6-8-23(9-7-22)13-19-4-3-5-20-13;/h3-5,11,24H,2,6-10H2,1H3,(H,18,21);1H. The van der Waals surface area contributed by atoms with E-state index >= 15 is 0 Å². The lowest BCUT2D eigenvalue weighted by molar-refractivity contribution is -0.199. The van der Waals surface area contributed by atoms with Crippen molar-refractivity contribution in [1.29, 1.82) is 0 Å². The average molecular weight is 474 g/mol. The predicted molar refractivity (Wildman–Crippen MR) is 99.3 cm³/mol. The van der Waals surface area contributed by atoms with Crippen molar-refractivity contribution >= 4 is 35.9 Å². The van der Waals surface area contributed by atoms with Crippen molar-refractivity contribution in [2.45, 2.75) is 19.2 Å². The van der Waals surface area contributed by atoms with E-state index in [9.17, 15) is 13.2 Å². The van der Waals surface area contributed by atoms with Crippen LogP contribution >= 0.6 is 24.0 Å². The topological polar surface area (TPSA) is 76.9 Å². The summed E-state index contributed by atoms with van der Waals surface area (Å²) in [4.78, 5) is 16.2. The molecule has 1 fully saturated rings. The lowest BCUT2D eigenvalue weighted by atomic mass is 10.3. The summed E-state index contributed by atoms with van der Waals surface area (Å²) in [7, 11) is 0. The van der Waals surface area contributed by atoms with Crippen molar-refractivity contribution < 1.29 is 18.3 Å². The fraction of sp³-hybridized carbons (Fsp3) is 0.643. The number of aromatic nitrogens is 2. The Hall–Kier alpha value is -1.37. The quantitative estimate of drug-likeness (QED) is 0.387. The molecule has 1 unspecified atom stereocenters. The van der Waals surface area contributed by atoms with Gasteiger partial charge >= 0.3 is 6.18 Å². The summed E-state index contributed by atoms with van der Waals surface area (Å²) in [5.41, 5.74) is 0. The van der Waals surface area contributed by atoms with Gasteiger partial charge in [-0.1, -0.05) is 0 Å². The van der Waals surface area contributed by atoms with Gasteiger partial charge in [0.15, 0.2) is 12.1 Å². The van der Waals surface area contributed by atoms with Crippen molar-refractivity contribution in [3.05, 3.63) is 18.5 Å². The van der Waals surface area contributed by atoms with E-state index in [0.717, 1.165) is 0 Å². The second-order valence-electron chi connectivity index (χ2n) is 5.27. The number of alkyl halides is 3.